The van der Waals surface area contributed by atoms with Crippen LogP contribution in [0.15, 0.2) is 18.3 Å². The Morgan fingerprint density at radius 2 is 2.11 bits per heavy atom. The smallest absolute Gasteiger partial charge is 0.0564 e. The number of fused-ring (bicyclic) bond motifs is 1. The first-order valence-electron chi connectivity index (χ1n) is 7.76. The van der Waals surface area contributed by atoms with Gasteiger partial charge in [-0.15, -0.1) is 0 Å². The van der Waals surface area contributed by atoms with Gasteiger partial charge >= 0.3 is 0 Å². The maximum atomic E-state index is 4.52. The van der Waals surface area contributed by atoms with Crippen molar-refractivity contribution in [3.05, 3.63) is 24.0 Å². The fourth-order valence-corrected chi connectivity index (χ4v) is 3.63. The number of anilines is 1. The first kappa shape index (κ1) is 12.9. The standard InChI is InChI=1S/C16H25N3/c1-2-7-17-15-6-8-18-16(9-15)12-19-10-13-4-3-5-14(13)11-19/h6,8-9,13-14H,2-5,7,10-12H2,1H3,(H,17,18). The van der Waals surface area contributed by atoms with Crippen LogP contribution in [-0.2, 0) is 6.54 Å². The van der Waals surface area contributed by atoms with Gasteiger partial charge in [0.15, 0.2) is 0 Å². The van der Waals surface area contributed by atoms with Gasteiger partial charge in [-0.25, -0.2) is 0 Å². The van der Waals surface area contributed by atoms with E-state index in [4.69, 9.17) is 0 Å². The average Bonchev–Trinajstić information content (AvgIpc) is 2.97. The molecule has 2 heterocycles. The van der Waals surface area contributed by atoms with Crippen LogP contribution in [0.4, 0.5) is 5.69 Å². The second-order valence-corrected chi connectivity index (χ2v) is 6.11. The largest absolute Gasteiger partial charge is 0.385 e. The zero-order chi connectivity index (χ0) is 13.1. The molecule has 2 unspecified atom stereocenters. The van der Waals surface area contributed by atoms with Crippen molar-refractivity contribution in [3.63, 3.8) is 0 Å². The molecule has 1 N–H and O–H groups in total. The van der Waals surface area contributed by atoms with Crippen molar-refractivity contribution >= 4 is 5.69 Å². The second kappa shape index (κ2) is 5.91. The molecule has 1 saturated carbocycles. The number of pyridine rings is 1. The van der Waals surface area contributed by atoms with Crippen LogP contribution in [0.1, 0.15) is 38.3 Å². The Morgan fingerprint density at radius 3 is 2.84 bits per heavy atom. The van der Waals surface area contributed by atoms with E-state index in [1.165, 1.54) is 43.7 Å². The highest BCUT2D eigenvalue weighted by molar-refractivity contribution is 5.43. The van der Waals surface area contributed by atoms with E-state index < -0.39 is 0 Å². The van der Waals surface area contributed by atoms with Crippen LogP contribution < -0.4 is 5.32 Å². The predicted octanol–water partition coefficient (Wildman–Crippen LogP) is 3.14. The lowest BCUT2D eigenvalue weighted by Gasteiger charge is -2.16. The van der Waals surface area contributed by atoms with Crippen LogP contribution in [0.25, 0.3) is 0 Å². The third kappa shape index (κ3) is 3.08. The van der Waals surface area contributed by atoms with Gasteiger partial charge in [-0.1, -0.05) is 13.3 Å². The van der Waals surface area contributed by atoms with Crippen molar-refractivity contribution in [1.29, 1.82) is 0 Å². The van der Waals surface area contributed by atoms with Gasteiger partial charge in [0.05, 0.1) is 5.69 Å². The van der Waals surface area contributed by atoms with Gasteiger partial charge in [-0.05, 0) is 43.2 Å². The van der Waals surface area contributed by atoms with Crippen LogP contribution in [0.3, 0.4) is 0 Å². The Hall–Kier alpha value is -1.09. The summed E-state index contributed by atoms with van der Waals surface area (Å²) in [5.74, 6) is 1.95. The van der Waals surface area contributed by atoms with E-state index in [1.807, 2.05) is 6.20 Å². The fraction of sp³-hybridized carbons (Fsp3) is 0.688. The van der Waals surface area contributed by atoms with Crippen LogP contribution in [0.2, 0.25) is 0 Å². The highest BCUT2D eigenvalue weighted by Crippen LogP contribution is 2.38. The van der Waals surface area contributed by atoms with Gasteiger partial charge in [0.1, 0.15) is 0 Å². The number of aromatic nitrogens is 1. The van der Waals surface area contributed by atoms with E-state index in [9.17, 15) is 0 Å². The lowest BCUT2D eigenvalue weighted by molar-refractivity contribution is 0.300. The number of hydrogen-bond acceptors (Lipinski definition) is 3. The van der Waals surface area contributed by atoms with Gasteiger partial charge in [0.2, 0.25) is 0 Å². The number of hydrogen-bond donors (Lipinski definition) is 1. The molecule has 0 amide bonds. The molecule has 19 heavy (non-hydrogen) atoms. The van der Waals surface area contributed by atoms with Crippen molar-refractivity contribution in [2.75, 3.05) is 25.0 Å². The van der Waals surface area contributed by atoms with Gasteiger partial charge in [-0.2, -0.15) is 0 Å². The summed E-state index contributed by atoms with van der Waals surface area (Å²) < 4.78 is 0. The molecule has 1 aromatic heterocycles. The summed E-state index contributed by atoms with van der Waals surface area (Å²) in [6.45, 7) is 6.84. The molecule has 1 aromatic rings. The van der Waals surface area contributed by atoms with Crippen molar-refractivity contribution in [3.8, 4) is 0 Å². The van der Waals surface area contributed by atoms with Crippen LogP contribution in [0, 0.1) is 11.8 Å². The molecule has 2 aliphatic rings. The summed E-state index contributed by atoms with van der Waals surface area (Å²) in [6, 6.07) is 4.28. The topological polar surface area (TPSA) is 28.2 Å². The molecule has 2 atom stereocenters. The number of nitrogens with one attached hydrogen (secondary N) is 1. The SMILES string of the molecule is CCCNc1ccnc(CN2CC3CCCC3C2)c1. The highest BCUT2D eigenvalue weighted by Gasteiger charge is 2.35. The normalized spacial score (nSPS) is 26.6. The first-order chi connectivity index (χ1) is 9.35. The van der Waals surface area contributed by atoms with Gasteiger partial charge in [-0.3, -0.25) is 9.88 Å². The van der Waals surface area contributed by atoms with Crippen molar-refractivity contribution in [2.45, 2.75) is 39.2 Å². The van der Waals surface area contributed by atoms with Gasteiger partial charge in [0.25, 0.3) is 0 Å². The third-order valence-corrected chi connectivity index (χ3v) is 4.58. The Morgan fingerprint density at radius 1 is 1.32 bits per heavy atom. The number of likely N-dealkylation sites (tertiary alicyclic amines) is 1. The van der Waals surface area contributed by atoms with E-state index in [0.717, 1.165) is 31.3 Å². The number of rotatable bonds is 5. The summed E-state index contributed by atoms with van der Waals surface area (Å²) >= 11 is 0. The zero-order valence-corrected chi connectivity index (χ0v) is 11.9. The van der Waals surface area contributed by atoms with Crippen molar-refractivity contribution in [2.24, 2.45) is 11.8 Å². The average molecular weight is 259 g/mol. The zero-order valence-electron chi connectivity index (χ0n) is 11.9. The highest BCUT2D eigenvalue weighted by atomic mass is 15.2. The molecule has 3 nitrogen and oxygen atoms in total. The molecule has 104 valence electrons. The Balaban J connectivity index is 1.57. The molecule has 0 bridgehead atoms. The van der Waals surface area contributed by atoms with Crippen LogP contribution >= 0.6 is 0 Å². The molecule has 2 fully saturated rings. The molecule has 3 rings (SSSR count). The van der Waals surface area contributed by atoms with E-state index in [1.54, 1.807) is 0 Å². The molecular formula is C16H25N3. The third-order valence-electron chi connectivity index (χ3n) is 4.58. The maximum absolute atomic E-state index is 4.52. The quantitative estimate of drug-likeness (QED) is 0.880. The fourth-order valence-electron chi connectivity index (χ4n) is 3.63. The molecule has 1 aliphatic heterocycles. The van der Waals surface area contributed by atoms with Gasteiger partial charge in [0, 0.05) is 38.1 Å². The summed E-state index contributed by atoms with van der Waals surface area (Å²) in [4.78, 5) is 7.12. The summed E-state index contributed by atoms with van der Waals surface area (Å²) in [5.41, 5.74) is 2.42. The van der Waals surface area contributed by atoms with Gasteiger partial charge < -0.3 is 5.32 Å². The predicted molar refractivity (Wildman–Crippen MR) is 79.1 cm³/mol. The molecule has 1 aliphatic carbocycles. The van der Waals surface area contributed by atoms with E-state index in [-0.39, 0.29) is 0 Å². The first-order valence-corrected chi connectivity index (χ1v) is 7.76. The molecule has 0 spiro atoms. The molecule has 3 heteroatoms. The van der Waals surface area contributed by atoms with E-state index in [2.05, 4.69) is 34.3 Å². The molecule has 1 saturated heterocycles. The van der Waals surface area contributed by atoms with Crippen LogP contribution in [0.5, 0.6) is 0 Å². The molecular weight excluding hydrogens is 234 g/mol. The second-order valence-electron chi connectivity index (χ2n) is 6.11. The summed E-state index contributed by atoms with van der Waals surface area (Å²) in [6.07, 6.45) is 7.45. The lowest BCUT2D eigenvalue weighted by Crippen LogP contribution is -2.21. The maximum Gasteiger partial charge on any atom is 0.0564 e. The molecule has 0 aromatic carbocycles. The van der Waals surface area contributed by atoms with Crippen molar-refractivity contribution in [1.82, 2.24) is 9.88 Å². The van der Waals surface area contributed by atoms with E-state index >= 15 is 0 Å². The minimum absolute atomic E-state index is 0.974. The minimum atomic E-state index is 0.974. The van der Waals surface area contributed by atoms with E-state index in [0.29, 0.717) is 0 Å². The Kier molecular flexibility index (Phi) is 4.02. The van der Waals surface area contributed by atoms with Crippen molar-refractivity contribution < 1.29 is 0 Å². The Bertz CT molecular complexity index is 406. The minimum Gasteiger partial charge on any atom is -0.385 e. The lowest BCUT2D eigenvalue weighted by atomic mass is 10.0. The summed E-state index contributed by atoms with van der Waals surface area (Å²) in [7, 11) is 0. The molecule has 0 radical (unpaired) electrons. The summed E-state index contributed by atoms with van der Waals surface area (Å²) in [5, 5.41) is 3.44. The Labute approximate surface area is 116 Å². The number of nitrogens with zero attached hydrogens (tertiary/aromatic N) is 2. The van der Waals surface area contributed by atoms with Crippen LogP contribution in [-0.4, -0.2) is 29.5 Å². The monoisotopic (exact) mass is 259 g/mol.